The molecule has 1 N–H and O–H groups in total. The molecular formula is C19H22N8. The van der Waals surface area contributed by atoms with Crippen molar-refractivity contribution in [2.24, 2.45) is 0 Å². The lowest BCUT2D eigenvalue weighted by molar-refractivity contribution is 0.587. The van der Waals surface area contributed by atoms with Crippen molar-refractivity contribution in [3.63, 3.8) is 0 Å². The van der Waals surface area contributed by atoms with Crippen LogP contribution in [0.3, 0.4) is 0 Å². The number of rotatable bonds is 7. The molecule has 0 bridgehead atoms. The Morgan fingerprint density at radius 3 is 2.85 bits per heavy atom. The van der Waals surface area contributed by atoms with Crippen LogP contribution in [0.15, 0.2) is 42.7 Å². The molecule has 8 nitrogen and oxygen atoms in total. The summed E-state index contributed by atoms with van der Waals surface area (Å²) in [6.45, 7) is 6.47. The second-order valence-electron chi connectivity index (χ2n) is 6.36. The zero-order valence-electron chi connectivity index (χ0n) is 15.5. The van der Waals surface area contributed by atoms with E-state index in [1.807, 2.05) is 45.9 Å². The van der Waals surface area contributed by atoms with Crippen LogP contribution in [0.2, 0.25) is 0 Å². The Morgan fingerprint density at radius 1 is 1.07 bits per heavy atom. The van der Waals surface area contributed by atoms with Crippen molar-refractivity contribution >= 4 is 17.0 Å². The highest BCUT2D eigenvalue weighted by Crippen LogP contribution is 2.21. The first-order valence-electron chi connectivity index (χ1n) is 9.14. The lowest BCUT2D eigenvalue weighted by Crippen LogP contribution is -2.13. The first kappa shape index (κ1) is 17.1. The van der Waals surface area contributed by atoms with E-state index in [9.17, 15) is 0 Å². The molecule has 138 valence electrons. The summed E-state index contributed by atoms with van der Waals surface area (Å²) >= 11 is 0. The van der Waals surface area contributed by atoms with Gasteiger partial charge in [0.15, 0.2) is 0 Å². The quantitative estimate of drug-likeness (QED) is 0.544. The molecule has 0 spiro atoms. The minimum absolute atomic E-state index is 0.597. The van der Waals surface area contributed by atoms with Crippen molar-refractivity contribution in [3.8, 4) is 11.3 Å². The summed E-state index contributed by atoms with van der Waals surface area (Å²) in [6.07, 6.45) is 4.69. The van der Waals surface area contributed by atoms with E-state index in [0.29, 0.717) is 19.0 Å². The van der Waals surface area contributed by atoms with Crippen LogP contribution in [0.5, 0.6) is 0 Å². The van der Waals surface area contributed by atoms with Crippen LogP contribution in [0, 0.1) is 6.92 Å². The van der Waals surface area contributed by atoms with Crippen molar-refractivity contribution in [1.82, 2.24) is 34.7 Å². The maximum absolute atomic E-state index is 4.64. The highest BCUT2D eigenvalue weighted by molar-refractivity contribution is 5.73. The van der Waals surface area contributed by atoms with Gasteiger partial charge in [-0.25, -0.2) is 14.6 Å². The van der Waals surface area contributed by atoms with Crippen molar-refractivity contribution in [3.05, 3.63) is 48.4 Å². The van der Waals surface area contributed by atoms with Crippen molar-refractivity contribution in [2.75, 3.05) is 11.9 Å². The van der Waals surface area contributed by atoms with Gasteiger partial charge in [0.1, 0.15) is 5.52 Å². The van der Waals surface area contributed by atoms with Crippen molar-refractivity contribution in [2.45, 2.75) is 33.4 Å². The fourth-order valence-corrected chi connectivity index (χ4v) is 3.09. The average Bonchev–Trinajstić information content (AvgIpc) is 3.27. The summed E-state index contributed by atoms with van der Waals surface area (Å²) in [7, 11) is 0. The highest BCUT2D eigenvalue weighted by atomic mass is 15.4. The lowest BCUT2D eigenvalue weighted by atomic mass is 10.2. The number of fused-ring (bicyclic) bond motifs is 1. The van der Waals surface area contributed by atoms with E-state index in [0.717, 1.165) is 41.0 Å². The van der Waals surface area contributed by atoms with E-state index in [2.05, 4.69) is 44.5 Å². The third-order valence-corrected chi connectivity index (χ3v) is 4.50. The molecule has 0 aliphatic heterocycles. The van der Waals surface area contributed by atoms with Crippen LogP contribution in [-0.4, -0.2) is 41.3 Å². The summed E-state index contributed by atoms with van der Waals surface area (Å²) < 4.78 is 3.89. The standard InChI is InChI=1S/C19H22N8/c1-3-11-26-14(2)15(13-22-26)16-8-9-20-19(23-16)21-10-12-27-18-7-5-4-6-17(18)24-25-27/h4-9,13H,3,10-12H2,1-2H3,(H,20,21,23). The Hall–Kier alpha value is -3.29. The van der Waals surface area contributed by atoms with Gasteiger partial charge < -0.3 is 5.32 Å². The third kappa shape index (κ3) is 3.51. The monoisotopic (exact) mass is 362 g/mol. The second kappa shape index (κ2) is 7.53. The van der Waals surface area contributed by atoms with Gasteiger partial charge in [0, 0.05) is 30.5 Å². The van der Waals surface area contributed by atoms with Gasteiger partial charge in [-0.3, -0.25) is 4.68 Å². The lowest BCUT2D eigenvalue weighted by Gasteiger charge is -2.07. The number of anilines is 1. The van der Waals surface area contributed by atoms with Gasteiger partial charge in [0.25, 0.3) is 0 Å². The molecule has 0 saturated carbocycles. The molecule has 27 heavy (non-hydrogen) atoms. The zero-order valence-corrected chi connectivity index (χ0v) is 15.5. The Balaban J connectivity index is 1.45. The first-order chi connectivity index (χ1) is 13.3. The number of benzene rings is 1. The van der Waals surface area contributed by atoms with Gasteiger partial charge in [-0.05, 0) is 31.5 Å². The number of hydrogen-bond donors (Lipinski definition) is 1. The van der Waals surface area contributed by atoms with E-state index in [1.54, 1.807) is 6.20 Å². The largest absolute Gasteiger partial charge is 0.352 e. The van der Waals surface area contributed by atoms with Crippen LogP contribution in [0.4, 0.5) is 5.95 Å². The summed E-state index contributed by atoms with van der Waals surface area (Å²) in [4.78, 5) is 8.96. The Labute approximate surface area is 157 Å². The van der Waals surface area contributed by atoms with Gasteiger partial charge in [-0.2, -0.15) is 5.10 Å². The number of nitrogens with one attached hydrogen (secondary N) is 1. The van der Waals surface area contributed by atoms with Gasteiger partial charge in [-0.15, -0.1) is 5.10 Å². The number of aromatic nitrogens is 7. The van der Waals surface area contributed by atoms with Crippen LogP contribution >= 0.6 is 0 Å². The molecule has 0 atom stereocenters. The molecule has 3 aromatic heterocycles. The van der Waals surface area contributed by atoms with Crippen LogP contribution in [0.1, 0.15) is 19.0 Å². The molecule has 0 radical (unpaired) electrons. The Morgan fingerprint density at radius 2 is 1.96 bits per heavy atom. The molecule has 0 amide bonds. The van der Waals surface area contributed by atoms with Gasteiger partial charge >= 0.3 is 0 Å². The molecule has 4 rings (SSSR count). The summed E-state index contributed by atoms with van der Waals surface area (Å²) in [5, 5.41) is 16.1. The van der Waals surface area contributed by atoms with Crippen LogP contribution < -0.4 is 5.32 Å². The van der Waals surface area contributed by atoms with Crippen LogP contribution in [-0.2, 0) is 13.1 Å². The molecule has 0 aliphatic rings. The molecule has 0 fully saturated rings. The van der Waals surface area contributed by atoms with Gasteiger partial charge in [0.2, 0.25) is 5.95 Å². The van der Waals surface area contributed by atoms with Crippen molar-refractivity contribution in [1.29, 1.82) is 0 Å². The topological polar surface area (TPSA) is 86.3 Å². The summed E-state index contributed by atoms with van der Waals surface area (Å²) in [5.74, 6) is 0.597. The maximum Gasteiger partial charge on any atom is 0.223 e. The SMILES string of the molecule is CCCn1ncc(-c2ccnc(NCCn3nnc4ccccc43)n2)c1C. The molecule has 3 heterocycles. The fourth-order valence-electron chi connectivity index (χ4n) is 3.09. The van der Waals surface area contributed by atoms with Crippen LogP contribution in [0.25, 0.3) is 22.3 Å². The predicted molar refractivity (Wildman–Crippen MR) is 104 cm³/mol. The van der Waals surface area contributed by atoms with Crippen molar-refractivity contribution < 1.29 is 0 Å². The third-order valence-electron chi connectivity index (χ3n) is 4.50. The smallest absolute Gasteiger partial charge is 0.223 e. The molecular weight excluding hydrogens is 340 g/mol. The van der Waals surface area contributed by atoms with Gasteiger partial charge in [0.05, 0.1) is 24.0 Å². The van der Waals surface area contributed by atoms with Gasteiger partial charge in [-0.1, -0.05) is 24.3 Å². The number of aryl methyl sites for hydroxylation is 1. The fraction of sp³-hybridized carbons (Fsp3) is 0.316. The molecule has 1 aromatic carbocycles. The number of para-hydroxylation sites is 1. The first-order valence-corrected chi connectivity index (χ1v) is 9.14. The molecule has 0 unspecified atom stereocenters. The maximum atomic E-state index is 4.64. The minimum atomic E-state index is 0.597. The Bertz CT molecular complexity index is 1050. The molecule has 0 saturated heterocycles. The predicted octanol–water partition coefficient (Wildman–Crippen LogP) is 2.92. The second-order valence-corrected chi connectivity index (χ2v) is 6.36. The normalized spacial score (nSPS) is 11.2. The van der Waals surface area contributed by atoms with E-state index >= 15 is 0 Å². The minimum Gasteiger partial charge on any atom is -0.352 e. The zero-order chi connectivity index (χ0) is 18.6. The van der Waals surface area contributed by atoms with E-state index in [-0.39, 0.29) is 0 Å². The summed E-state index contributed by atoms with van der Waals surface area (Å²) in [6, 6.07) is 9.84. The summed E-state index contributed by atoms with van der Waals surface area (Å²) in [5.41, 5.74) is 4.95. The highest BCUT2D eigenvalue weighted by Gasteiger charge is 2.10. The molecule has 4 aromatic rings. The Kier molecular flexibility index (Phi) is 4.78. The molecule has 8 heteroatoms. The number of nitrogens with zero attached hydrogens (tertiary/aromatic N) is 7. The average molecular weight is 362 g/mol. The van der Waals surface area contributed by atoms with E-state index < -0.39 is 0 Å². The molecule has 0 aliphatic carbocycles. The van der Waals surface area contributed by atoms with E-state index in [1.165, 1.54) is 0 Å². The van der Waals surface area contributed by atoms with E-state index in [4.69, 9.17) is 0 Å². The number of hydrogen-bond acceptors (Lipinski definition) is 6.